The Morgan fingerprint density at radius 3 is 2.74 bits per heavy atom. The highest BCUT2D eigenvalue weighted by molar-refractivity contribution is 7.79. The van der Waals surface area contributed by atoms with Crippen LogP contribution in [0.25, 0.3) is 22.0 Å². The lowest BCUT2D eigenvalue weighted by molar-refractivity contribution is 0.417. The van der Waals surface area contributed by atoms with Gasteiger partial charge in [0.2, 0.25) is 5.95 Å². The van der Waals surface area contributed by atoms with E-state index in [1.807, 2.05) is 49.3 Å². The van der Waals surface area contributed by atoms with Crippen LogP contribution < -0.4 is 15.0 Å². The number of pyridine rings is 1. The number of nitrogens with one attached hydrogen (secondary N) is 1. The number of ether oxygens (including phenoxy) is 1. The van der Waals surface area contributed by atoms with Crippen LogP contribution in [0.5, 0.6) is 5.75 Å². The molecule has 1 atom stereocenters. The summed E-state index contributed by atoms with van der Waals surface area (Å²) in [7, 11) is 3.48. The summed E-state index contributed by atoms with van der Waals surface area (Å²) in [6.07, 6.45) is 7.99. The van der Waals surface area contributed by atoms with E-state index in [2.05, 4.69) is 20.4 Å². The number of aryl methyl sites for hydroxylation is 1. The summed E-state index contributed by atoms with van der Waals surface area (Å²) in [4.78, 5) is 15.6. The van der Waals surface area contributed by atoms with E-state index < -0.39 is 11.1 Å². The number of benzene rings is 1. The number of hydrogen-bond acceptors (Lipinski definition) is 9. The maximum atomic E-state index is 11.1. The van der Waals surface area contributed by atoms with Crippen molar-refractivity contribution < 1.29 is 13.5 Å². The van der Waals surface area contributed by atoms with Gasteiger partial charge < -0.3 is 19.5 Å². The normalized spacial score (nSPS) is 12.0. The van der Waals surface area contributed by atoms with Gasteiger partial charge in [0.05, 0.1) is 19.0 Å². The van der Waals surface area contributed by atoms with Crippen molar-refractivity contribution in [3.8, 4) is 16.9 Å². The van der Waals surface area contributed by atoms with Gasteiger partial charge in [-0.1, -0.05) is 24.1 Å². The van der Waals surface area contributed by atoms with E-state index >= 15 is 0 Å². The summed E-state index contributed by atoms with van der Waals surface area (Å²) in [6, 6.07) is 7.65. The molecule has 0 saturated carbocycles. The summed E-state index contributed by atoms with van der Waals surface area (Å²) in [5.74, 6) is 1.68. The first-order chi connectivity index (χ1) is 16.5. The van der Waals surface area contributed by atoms with Gasteiger partial charge in [0.25, 0.3) is 0 Å². The number of anilines is 3. The largest absolute Gasteiger partial charge is 0.772 e. The fraction of sp³-hybridized carbons (Fsp3) is 0.304. The first kappa shape index (κ1) is 23.6. The Bertz CT molecular complexity index is 1310. The molecule has 4 rings (SSSR count). The molecule has 0 aliphatic carbocycles. The molecule has 1 unspecified atom stereocenters. The van der Waals surface area contributed by atoms with Crippen LogP contribution in [0.3, 0.4) is 0 Å². The third-order valence-corrected chi connectivity index (χ3v) is 5.80. The standard InChI is InChI=1S/C23H27N7O3S/c1-4-9-30(10-11-34(31)32)22-21-17(7-8-24-22)13-25-23(28-21)27-19-6-5-16(12-20(19)33-3)18-14-26-29(2)15-18/h5-8,12-15H,4,9-11H2,1-3H3,(H,31,32)(H,25,27,28)/p-1. The molecule has 0 spiro atoms. The summed E-state index contributed by atoms with van der Waals surface area (Å²) < 4.78 is 29.6. The van der Waals surface area contributed by atoms with Crippen molar-refractivity contribution in [2.75, 3.05) is 36.2 Å². The molecule has 10 nitrogen and oxygen atoms in total. The van der Waals surface area contributed by atoms with E-state index in [0.29, 0.717) is 41.8 Å². The average Bonchev–Trinajstić information content (AvgIpc) is 3.28. The van der Waals surface area contributed by atoms with Gasteiger partial charge in [-0.05, 0) is 30.2 Å². The molecular weight excluding hydrogens is 454 g/mol. The van der Waals surface area contributed by atoms with E-state index in [0.717, 1.165) is 22.9 Å². The highest BCUT2D eigenvalue weighted by Crippen LogP contribution is 2.32. The molecule has 1 N–H and O–H groups in total. The van der Waals surface area contributed by atoms with Gasteiger partial charge in [-0.2, -0.15) is 5.10 Å². The number of fused-ring (bicyclic) bond motifs is 1. The van der Waals surface area contributed by atoms with Gasteiger partial charge in [0, 0.05) is 55.4 Å². The van der Waals surface area contributed by atoms with Crippen LogP contribution in [0.2, 0.25) is 0 Å². The van der Waals surface area contributed by atoms with Gasteiger partial charge >= 0.3 is 0 Å². The predicted molar refractivity (Wildman–Crippen MR) is 132 cm³/mol. The van der Waals surface area contributed by atoms with Crippen molar-refractivity contribution in [2.45, 2.75) is 13.3 Å². The quantitative estimate of drug-likeness (QED) is 0.341. The maximum absolute atomic E-state index is 11.1. The van der Waals surface area contributed by atoms with Crippen LogP contribution in [0.4, 0.5) is 17.5 Å². The average molecular weight is 481 g/mol. The summed E-state index contributed by atoms with van der Waals surface area (Å²) in [6.45, 7) is 3.04. The van der Waals surface area contributed by atoms with Crippen LogP contribution in [0, 0.1) is 0 Å². The molecule has 4 aromatic rings. The van der Waals surface area contributed by atoms with E-state index in [-0.39, 0.29) is 5.75 Å². The van der Waals surface area contributed by atoms with Crippen molar-refractivity contribution >= 4 is 39.4 Å². The zero-order valence-electron chi connectivity index (χ0n) is 19.3. The highest BCUT2D eigenvalue weighted by Gasteiger charge is 2.15. The van der Waals surface area contributed by atoms with Gasteiger partial charge in [-0.3, -0.25) is 8.89 Å². The molecule has 34 heavy (non-hydrogen) atoms. The molecule has 3 aromatic heterocycles. The van der Waals surface area contributed by atoms with E-state index in [4.69, 9.17) is 9.72 Å². The zero-order valence-corrected chi connectivity index (χ0v) is 20.1. The second-order valence-electron chi connectivity index (χ2n) is 7.70. The minimum atomic E-state index is -2.13. The van der Waals surface area contributed by atoms with E-state index in [1.54, 1.807) is 30.4 Å². The Hall–Kier alpha value is -3.57. The Morgan fingerprint density at radius 2 is 2.03 bits per heavy atom. The number of rotatable bonds is 10. The van der Waals surface area contributed by atoms with E-state index in [1.165, 1.54) is 0 Å². The number of nitrogens with zero attached hydrogens (tertiary/aromatic N) is 6. The molecule has 178 valence electrons. The number of hydrogen-bond donors (Lipinski definition) is 1. The molecule has 0 fully saturated rings. The molecule has 0 radical (unpaired) electrons. The summed E-state index contributed by atoms with van der Waals surface area (Å²) >= 11 is -2.13. The lowest BCUT2D eigenvalue weighted by Crippen LogP contribution is -2.29. The fourth-order valence-corrected chi connectivity index (χ4v) is 4.05. The highest BCUT2D eigenvalue weighted by atomic mass is 32.2. The first-order valence-corrected chi connectivity index (χ1v) is 12.1. The van der Waals surface area contributed by atoms with E-state index in [9.17, 15) is 8.76 Å². The molecule has 0 amide bonds. The van der Waals surface area contributed by atoms with Gasteiger partial charge in [-0.15, -0.1) is 0 Å². The third-order valence-electron chi connectivity index (χ3n) is 5.29. The number of aromatic nitrogens is 5. The lowest BCUT2D eigenvalue weighted by atomic mass is 10.1. The lowest BCUT2D eigenvalue weighted by Gasteiger charge is -2.24. The van der Waals surface area contributed by atoms with Crippen LogP contribution in [-0.4, -0.2) is 59.4 Å². The smallest absolute Gasteiger partial charge is 0.227 e. The van der Waals surface area contributed by atoms with Gasteiger partial charge in [-0.25, -0.2) is 15.0 Å². The molecule has 0 bridgehead atoms. The minimum absolute atomic E-state index is 0.0226. The zero-order chi connectivity index (χ0) is 24.1. The van der Waals surface area contributed by atoms with Crippen molar-refractivity contribution in [2.24, 2.45) is 7.05 Å². The second-order valence-corrected chi connectivity index (χ2v) is 8.72. The molecule has 0 saturated heterocycles. The molecule has 1 aromatic carbocycles. The molecular formula is C23H26N7O3S-. The Labute approximate surface area is 200 Å². The van der Waals surface area contributed by atoms with Gasteiger partial charge in [0.1, 0.15) is 11.3 Å². The Kier molecular flexibility index (Phi) is 7.33. The third kappa shape index (κ3) is 5.32. The molecule has 3 heterocycles. The molecule has 11 heteroatoms. The van der Waals surface area contributed by atoms with Crippen LogP contribution in [0.1, 0.15) is 13.3 Å². The van der Waals surface area contributed by atoms with Crippen molar-refractivity contribution in [3.05, 3.63) is 49.1 Å². The van der Waals surface area contributed by atoms with Crippen LogP contribution in [-0.2, 0) is 18.1 Å². The Morgan fingerprint density at radius 1 is 1.18 bits per heavy atom. The fourth-order valence-electron chi connectivity index (χ4n) is 3.68. The summed E-state index contributed by atoms with van der Waals surface area (Å²) in [5, 5.41) is 8.28. The van der Waals surface area contributed by atoms with Crippen molar-refractivity contribution in [3.63, 3.8) is 0 Å². The second kappa shape index (κ2) is 10.6. The maximum Gasteiger partial charge on any atom is 0.227 e. The topological polar surface area (TPSA) is 121 Å². The van der Waals surface area contributed by atoms with Crippen LogP contribution in [0.15, 0.2) is 49.1 Å². The summed E-state index contributed by atoms with van der Waals surface area (Å²) in [5.41, 5.74) is 3.33. The van der Waals surface area contributed by atoms with Gasteiger partial charge in [0.15, 0.2) is 5.82 Å². The van der Waals surface area contributed by atoms with Crippen molar-refractivity contribution in [1.82, 2.24) is 24.7 Å². The Balaban J connectivity index is 1.66. The SMILES string of the molecule is CCCN(CCS(=O)[O-])c1nccc2cnc(Nc3ccc(-c4cnn(C)c4)cc3OC)nc12. The monoisotopic (exact) mass is 480 g/mol. The number of methoxy groups -OCH3 is 1. The molecule has 0 aliphatic rings. The van der Waals surface area contributed by atoms with Crippen molar-refractivity contribution in [1.29, 1.82) is 0 Å². The van der Waals surface area contributed by atoms with Crippen LogP contribution >= 0.6 is 0 Å². The first-order valence-electron chi connectivity index (χ1n) is 10.8. The minimum Gasteiger partial charge on any atom is -0.772 e. The molecule has 0 aliphatic heterocycles. The predicted octanol–water partition coefficient (Wildman–Crippen LogP) is 3.27.